The quantitative estimate of drug-likeness (QED) is 0.599. The average molecular weight is 206 g/mol. The van der Waals surface area contributed by atoms with Crippen LogP contribution in [0.2, 0.25) is 0 Å². The third kappa shape index (κ3) is 3.31. The van der Waals surface area contributed by atoms with Crippen molar-refractivity contribution in [3.05, 3.63) is 0 Å². The van der Waals surface area contributed by atoms with E-state index in [4.69, 9.17) is 9.84 Å². The predicted octanol–water partition coefficient (Wildman–Crippen LogP) is -0.336. The van der Waals surface area contributed by atoms with Crippen molar-refractivity contribution in [1.29, 1.82) is 0 Å². The van der Waals surface area contributed by atoms with Gasteiger partial charge >= 0.3 is 11.9 Å². The summed E-state index contributed by atoms with van der Waals surface area (Å²) in [7, 11) is 2.40. The lowest BCUT2D eigenvalue weighted by molar-refractivity contribution is -0.174. The zero-order valence-electron chi connectivity index (χ0n) is 8.35. The molecule has 6 heteroatoms. The van der Waals surface area contributed by atoms with Crippen LogP contribution in [0.25, 0.3) is 0 Å². The topological polar surface area (TPSA) is 82.1 Å². The number of methoxy groups -OCH3 is 2. The maximum absolute atomic E-state index is 11.2. The molecule has 0 saturated heterocycles. The van der Waals surface area contributed by atoms with E-state index in [0.29, 0.717) is 0 Å². The largest absolute Gasteiger partial charge is 0.479 e. The van der Waals surface area contributed by atoms with Gasteiger partial charge in [0, 0.05) is 14.2 Å². The second-order valence-electron chi connectivity index (χ2n) is 2.40. The Bertz CT molecular complexity index is 202. The van der Waals surface area contributed by atoms with Gasteiger partial charge < -0.3 is 19.3 Å². The summed E-state index contributed by atoms with van der Waals surface area (Å²) in [6, 6.07) is 0. The molecule has 0 aliphatic carbocycles. The number of carboxylic acid groups (broad SMARTS) is 1. The van der Waals surface area contributed by atoms with Crippen LogP contribution in [0, 0.1) is 0 Å². The summed E-state index contributed by atoms with van der Waals surface area (Å²) >= 11 is 0. The van der Waals surface area contributed by atoms with E-state index in [9.17, 15) is 9.59 Å². The molecule has 14 heavy (non-hydrogen) atoms. The Balaban J connectivity index is 4.50. The molecule has 0 aromatic heterocycles. The van der Waals surface area contributed by atoms with Crippen LogP contribution in [0.5, 0.6) is 0 Å². The molecule has 82 valence electrons. The normalized spacial score (nSPS) is 14.5. The highest BCUT2D eigenvalue weighted by atomic mass is 16.6. The first-order valence-electron chi connectivity index (χ1n) is 4.03. The van der Waals surface area contributed by atoms with Gasteiger partial charge in [0.05, 0.1) is 6.61 Å². The Labute approximate surface area is 81.8 Å². The summed E-state index contributed by atoms with van der Waals surface area (Å²) in [5.41, 5.74) is 0. The fourth-order valence-electron chi connectivity index (χ4n) is 0.922. The summed E-state index contributed by atoms with van der Waals surface area (Å²) < 4.78 is 13.9. The van der Waals surface area contributed by atoms with Crippen LogP contribution in [0.3, 0.4) is 0 Å². The molecule has 0 bridgehead atoms. The zero-order valence-corrected chi connectivity index (χ0v) is 8.35. The van der Waals surface area contributed by atoms with Crippen molar-refractivity contribution in [2.24, 2.45) is 0 Å². The summed E-state index contributed by atoms with van der Waals surface area (Å²) in [6.45, 7) is 1.78. The van der Waals surface area contributed by atoms with Crippen LogP contribution in [0.1, 0.15) is 6.92 Å². The molecule has 0 aromatic carbocycles. The average Bonchev–Trinajstić information content (AvgIpc) is 2.13. The molecule has 0 rings (SSSR count). The van der Waals surface area contributed by atoms with Gasteiger partial charge in [-0.3, -0.25) is 0 Å². The highest BCUT2D eigenvalue weighted by Gasteiger charge is 2.35. The van der Waals surface area contributed by atoms with Gasteiger partial charge in [-0.05, 0) is 6.92 Å². The van der Waals surface area contributed by atoms with Crippen LogP contribution in [0.4, 0.5) is 0 Å². The Morgan fingerprint density at radius 3 is 2.00 bits per heavy atom. The Morgan fingerprint density at radius 1 is 1.21 bits per heavy atom. The van der Waals surface area contributed by atoms with Crippen LogP contribution in [0.15, 0.2) is 0 Å². The minimum atomic E-state index is -1.35. The van der Waals surface area contributed by atoms with Gasteiger partial charge in [-0.25, -0.2) is 9.59 Å². The van der Waals surface area contributed by atoms with Gasteiger partial charge in [-0.1, -0.05) is 0 Å². The first kappa shape index (κ1) is 12.9. The van der Waals surface area contributed by atoms with E-state index in [0.717, 1.165) is 0 Å². The smallest absolute Gasteiger partial charge is 0.338 e. The zero-order chi connectivity index (χ0) is 11.1. The maximum Gasteiger partial charge on any atom is 0.338 e. The Hall–Kier alpha value is -1.14. The predicted molar refractivity (Wildman–Crippen MR) is 45.9 cm³/mol. The molecule has 1 N–H and O–H groups in total. The number of carbonyl (C=O) groups excluding carboxylic acids is 1. The molecule has 0 aromatic rings. The van der Waals surface area contributed by atoms with Gasteiger partial charge in [0.25, 0.3) is 0 Å². The number of carbonyl (C=O) groups is 2. The lowest BCUT2D eigenvalue weighted by atomic mass is 10.2. The fourth-order valence-corrected chi connectivity index (χ4v) is 0.922. The minimum Gasteiger partial charge on any atom is -0.479 e. The van der Waals surface area contributed by atoms with Gasteiger partial charge in [-0.2, -0.15) is 0 Å². The van der Waals surface area contributed by atoms with E-state index in [2.05, 4.69) is 9.47 Å². The van der Waals surface area contributed by atoms with Gasteiger partial charge in [0.2, 0.25) is 0 Å². The second-order valence-corrected chi connectivity index (χ2v) is 2.40. The van der Waals surface area contributed by atoms with E-state index in [1.165, 1.54) is 14.2 Å². The maximum atomic E-state index is 11.2. The number of ether oxygens (including phenoxy) is 3. The lowest BCUT2D eigenvalue weighted by Gasteiger charge is -2.19. The molecule has 2 atom stereocenters. The molecule has 0 aliphatic heterocycles. The van der Waals surface area contributed by atoms with Crippen molar-refractivity contribution in [2.75, 3.05) is 20.8 Å². The number of esters is 1. The molecular formula is C8H14O6. The molecular weight excluding hydrogens is 192 g/mol. The lowest BCUT2D eigenvalue weighted by Crippen LogP contribution is -2.43. The first-order valence-corrected chi connectivity index (χ1v) is 4.03. The van der Waals surface area contributed by atoms with Crippen molar-refractivity contribution >= 4 is 11.9 Å². The minimum absolute atomic E-state index is 0.161. The molecule has 0 spiro atoms. The second kappa shape index (κ2) is 6.33. The van der Waals surface area contributed by atoms with Crippen LogP contribution < -0.4 is 0 Å². The summed E-state index contributed by atoms with van der Waals surface area (Å²) in [4.78, 5) is 21.8. The fraction of sp³-hybridized carbons (Fsp3) is 0.750. The van der Waals surface area contributed by atoms with E-state index >= 15 is 0 Å². The highest BCUT2D eigenvalue weighted by molar-refractivity contribution is 5.84. The molecule has 0 saturated carbocycles. The van der Waals surface area contributed by atoms with Gasteiger partial charge in [0.1, 0.15) is 0 Å². The van der Waals surface area contributed by atoms with Crippen molar-refractivity contribution < 1.29 is 28.9 Å². The molecule has 0 heterocycles. The molecule has 0 aliphatic rings. The third-order valence-corrected chi connectivity index (χ3v) is 1.55. The molecule has 0 unspecified atom stereocenters. The van der Waals surface area contributed by atoms with Crippen molar-refractivity contribution in [3.63, 3.8) is 0 Å². The van der Waals surface area contributed by atoms with Crippen molar-refractivity contribution in [1.82, 2.24) is 0 Å². The molecule has 0 radical (unpaired) electrons. The standard InChI is InChI=1S/C8H14O6/c1-4-14-8(11)6(13-3)5(12-2)7(9)10/h5-6H,4H2,1-3H3,(H,9,10)/t5-,6-/m1/s1. The monoisotopic (exact) mass is 206 g/mol. The SMILES string of the molecule is CCOC(=O)[C@H](OC)[C@@H](OC)C(=O)O. The van der Waals surface area contributed by atoms with Crippen molar-refractivity contribution in [2.45, 2.75) is 19.1 Å². The van der Waals surface area contributed by atoms with Crippen LogP contribution in [-0.2, 0) is 23.8 Å². The Morgan fingerprint density at radius 2 is 1.71 bits per heavy atom. The van der Waals surface area contributed by atoms with Crippen LogP contribution >= 0.6 is 0 Å². The number of carboxylic acids is 1. The summed E-state index contributed by atoms with van der Waals surface area (Å²) in [5.74, 6) is -2.02. The van der Waals surface area contributed by atoms with E-state index < -0.39 is 24.1 Å². The van der Waals surface area contributed by atoms with E-state index in [-0.39, 0.29) is 6.61 Å². The third-order valence-electron chi connectivity index (χ3n) is 1.55. The molecule has 0 amide bonds. The number of aliphatic carboxylic acids is 1. The van der Waals surface area contributed by atoms with Crippen molar-refractivity contribution in [3.8, 4) is 0 Å². The van der Waals surface area contributed by atoms with Crippen LogP contribution in [-0.4, -0.2) is 50.1 Å². The molecule has 0 fully saturated rings. The van der Waals surface area contributed by atoms with E-state index in [1.807, 2.05) is 0 Å². The number of hydrogen-bond donors (Lipinski definition) is 1. The summed E-state index contributed by atoms with van der Waals surface area (Å²) in [6.07, 6.45) is -2.59. The Kier molecular flexibility index (Phi) is 5.82. The molecule has 6 nitrogen and oxygen atoms in total. The first-order chi connectivity index (χ1) is 6.58. The number of hydrogen-bond acceptors (Lipinski definition) is 5. The van der Waals surface area contributed by atoms with Gasteiger partial charge in [0.15, 0.2) is 12.2 Å². The van der Waals surface area contributed by atoms with E-state index in [1.54, 1.807) is 6.92 Å². The number of rotatable bonds is 6. The summed E-state index contributed by atoms with van der Waals surface area (Å²) in [5, 5.41) is 8.68. The van der Waals surface area contributed by atoms with Gasteiger partial charge in [-0.15, -0.1) is 0 Å². The highest BCUT2D eigenvalue weighted by Crippen LogP contribution is 2.05.